The van der Waals surface area contributed by atoms with Crippen LogP contribution >= 0.6 is 0 Å². The standard InChI is InChI=1S/C48H34N2O/c1-31-21-26-39-38-15-5-6-17-40(38)48(43(39)29-31)41-18-7-8-20-46(41)51-47-37(16-10-19-42(47)48)36-14-9-13-35(30-36)32-22-24-34(25-23-32)45-28-27-44(49-50-45)33-11-3-2-4-12-33/h2-28,30-31H,29H2,1H3. The van der Waals surface area contributed by atoms with Crippen molar-refractivity contribution in [2.75, 3.05) is 0 Å². The predicted octanol–water partition coefficient (Wildman–Crippen LogP) is 11.9. The van der Waals surface area contributed by atoms with Crippen molar-refractivity contribution in [3.63, 3.8) is 0 Å². The second-order valence-corrected chi connectivity index (χ2v) is 13.8. The molecule has 0 amide bonds. The van der Waals surface area contributed by atoms with E-state index in [0.717, 1.165) is 62.7 Å². The van der Waals surface area contributed by atoms with Crippen LogP contribution in [0.1, 0.15) is 35.6 Å². The number of para-hydroxylation sites is 2. The minimum absolute atomic E-state index is 0.416. The second-order valence-electron chi connectivity index (χ2n) is 13.8. The van der Waals surface area contributed by atoms with E-state index in [9.17, 15) is 0 Å². The number of benzene rings is 6. The van der Waals surface area contributed by atoms with Crippen LogP contribution in [0.4, 0.5) is 0 Å². The molecule has 7 aromatic rings. The SMILES string of the molecule is CC1C=CC2=C(C1)C1(c3ccccc3Oc3c(-c4cccc(-c5ccc(-c6ccc(-c7ccccc7)nn6)cc5)c4)cccc31)c1ccccc12. The van der Waals surface area contributed by atoms with Gasteiger partial charge in [-0.1, -0.05) is 153 Å². The predicted molar refractivity (Wildman–Crippen MR) is 206 cm³/mol. The van der Waals surface area contributed by atoms with Crippen molar-refractivity contribution in [2.24, 2.45) is 5.92 Å². The molecule has 242 valence electrons. The summed E-state index contributed by atoms with van der Waals surface area (Å²) in [5.74, 6) is 2.32. The smallest absolute Gasteiger partial charge is 0.140 e. The molecule has 10 rings (SSSR count). The molecule has 6 aromatic carbocycles. The maximum atomic E-state index is 6.96. The van der Waals surface area contributed by atoms with Gasteiger partial charge in [-0.2, -0.15) is 0 Å². The van der Waals surface area contributed by atoms with Gasteiger partial charge in [0.25, 0.3) is 0 Å². The first-order valence-corrected chi connectivity index (χ1v) is 17.7. The molecule has 3 aliphatic rings. The van der Waals surface area contributed by atoms with Gasteiger partial charge >= 0.3 is 0 Å². The van der Waals surface area contributed by atoms with Crippen molar-refractivity contribution in [3.8, 4) is 56.3 Å². The third-order valence-corrected chi connectivity index (χ3v) is 10.9. The number of ether oxygens (including phenoxy) is 1. The highest BCUT2D eigenvalue weighted by Crippen LogP contribution is 2.64. The summed E-state index contributed by atoms with van der Waals surface area (Å²) in [7, 11) is 0. The molecule has 0 saturated carbocycles. The average Bonchev–Trinajstić information content (AvgIpc) is 3.48. The third-order valence-electron chi connectivity index (χ3n) is 10.9. The quantitative estimate of drug-likeness (QED) is 0.189. The Morgan fingerprint density at radius 3 is 1.94 bits per heavy atom. The van der Waals surface area contributed by atoms with E-state index in [1.165, 1.54) is 33.4 Å². The molecule has 2 unspecified atom stereocenters. The topological polar surface area (TPSA) is 35.0 Å². The fourth-order valence-electron chi connectivity index (χ4n) is 8.53. The van der Waals surface area contributed by atoms with Gasteiger partial charge in [-0.25, -0.2) is 0 Å². The summed E-state index contributed by atoms with van der Waals surface area (Å²) in [6.45, 7) is 2.33. The summed E-state index contributed by atoms with van der Waals surface area (Å²) in [5, 5.41) is 9.04. The minimum atomic E-state index is -0.416. The highest BCUT2D eigenvalue weighted by Gasteiger charge is 2.52. The maximum absolute atomic E-state index is 6.96. The van der Waals surface area contributed by atoms with Crippen LogP contribution in [0.2, 0.25) is 0 Å². The van der Waals surface area contributed by atoms with Gasteiger partial charge in [0, 0.05) is 27.8 Å². The van der Waals surface area contributed by atoms with E-state index in [1.54, 1.807) is 0 Å². The van der Waals surface area contributed by atoms with E-state index in [2.05, 4.69) is 157 Å². The monoisotopic (exact) mass is 654 g/mol. The van der Waals surface area contributed by atoms with Crippen LogP contribution in [-0.2, 0) is 5.41 Å². The van der Waals surface area contributed by atoms with Crippen molar-refractivity contribution in [3.05, 3.63) is 198 Å². The molecule has 51 heavy (non-hydrogen) atoms. The molecule has 0 saturated heterocycles. The van der Waals surface area contributed by atoms with E-state index >= 15 is 0 Å². The Morgan fingerprint density at radius 2 is 1.14 bits per heavy atom. The van der Waals surface area contributed by atoms with Gasteiger partial charge in [0.2, 0.25) is 0 Å². The molecule has 2 aliphatic carbocycles. The number of hydrogen-bond donors (Lipinski definition) is 0. The van der Waals surface area contributed by atoms with Crippen LogP contribution in [0.3, 0.4) is 0 Å². The molecule has 1 spiro atoms. The lowest BCUT2D eigenvalue weighted by molar-refractivity contribution is 0.431. The van der Waals surface area contributed by atoms with Crippen molar-refractivity contribution >= 4 is 5.57 Å². The number of fused-ring (bicyclic) bond motifs is 8. The van der Waals surface area contributed by atoms with Gasteiger partial charge in [0.15, 0.2) is 0 Å². The molecule has 2 atom stereocenters. The van der Waals surface area contributed by atoms with Gasteiger partial charge in [-0.05, 0) is 75.6 Å². The third kappa shape index (κ3) is 4.58. The summed E-state index contributed by atoms with van der Waals surface area (Å²) in [4.78, 5) is 0. The van der Waals surface area contributed by atoms with E-state index in [4.69, 9.17) is 4.74 Å². The normalized spacial score (nSPS) is 18.1. The van der Waals surface area contributed by atoms with Crippen molar-refractivity contribution in [1.29, 1.82) is 0 Å². The van der Waals surface area contributed by atoms with E-state index in [0.29, 0.717) is 5.92 Å². The second kappa shape index (κ2) is 11.6. The molecule has 1 aliphatic heterocycles. The number of aromatic nitrogens is 2. The number of allylic oxidation sites excluding steroid dienone is 4. The summed E-state index contributed by atoms with van der Waals surface area (Å²) < 4.78 is 6.96. The van der Waals surface area contributed by atoms with Crippen LogP contribution in [-0.4, -0.2) is 10.2 Å². The zero-order valence-electron chi connectivity index (χ0n) is 28.3. The van der Waals surface area contributed by atoms with E-state index in [1.807, 2.05) is 30.3 Å². The van der Waals surface area contributed by atoms with E-state index < -0.39 is 5.41 Å². The van der Waals surface area contributed by atoms with Gasteiger partial charge in [0.1, 0.15) is 11.5 Å². The molecule has 3 nitrogen and oxygen atoms in total. The lowest BCUT2D eigenvalue weighted by atomic mass is 9.63. The van der Waals surface area contributed by atoms with Crippen LogP contribution in [0.15, 0.2) is 175 Å². The fraction of sp³-hybridized carbons (Fsp3) is 0.0833. The molecule has 1 aromatic heterocycles. The van der Waals surface area contributed by atoms with Crippen LogP contribution in [0.25, 0.3) is 50.3 Å². The number of nitrogens with zero attached hydrogens (tertiary/aromatic N) is 2. The van der Waals surface area contributed by atoms with Crippen LogP contribution in [0.5, 0.6) is 11.5 Å². The molecular weight excluding hydrogens is 621 g/mol. The van der Waals surface area contributed by atoms with Crippen molar-refractivity contribution < 1.29 is 4.74 Å². The van der Waals surface area contributed by atoms with Crippen LogP contribution < -0.4 is 4.74 Å². The van der Waals surface area contributed by atoms with Gasteiger partial charge < -0.3 is 4.74 Å². The largest absolute Gasteiger partial charge is 0.456 e. The zero-order valence-corrected chi connectivity index (χ0v) is 28.3. The zero-order chi connectivity index (χ0) is 33.9. The lowest BCUT2D eigenvalue weighted by Crippen LogP contribution is -2.34. The summed E-state index contributed by atoms with van der Waals surface area (Å²) in [5.41, 5.74) is 15.9. The molecule has 3 heteroatoms. The highest BCUT2D eigenvalue weighted by molar-refractivity contribution is 5.93. The Bertz CT molecular complexity index is 2530. The minimum Gasteiger partial charge on any atom is -0.456 e. The Hall–Kier alpha value is -6.32. The molecule has 0 fully saturated rings. The molecule has 0 radical (unpaired) electrons. The Kier molecular flexibility index (Phi) is 6.75. The first-order chi connectivity index (χ1) is 25.2. The Balaban J connectivity index is 1.05. The summed E-state index contributed by atoms with van der Waals surface area (Å²) in [6, 6.07) is 56.0. The van der Waals surface area contributed by atoms with Crippen molar-refractivity contribution in [2.45, 2.75) is 18.8 Å². The molecule has 0 N–H and O–H groups in total. The van der Waals surface area contributed by atoms with E-state index in [-0.39, 0.29) is 0 Å². The molecule has 2 heterocycles. The number of hydrogen-bond acceptors (Lipinski definition) is 3. The average molecular weight is 655 g/mol. The first-order valence-electron chi connectivity index (χ1n) is 17.7. The fourth-order valence-corrected chi connectivity index (χ4v) is 8.53. The summed E-state index contributed by atoms with van der Waals surface area (Å²) in [6.07, 6.45) is 5.73. The maximum Gasteiger partial charge on any atom is 0.140 e. The van der Waals surface area contributed by atoms with Crippen molar-refractivity contribution in [1.82, 2.24) is 10.2 Å². The van der Waals surface area contributed by atoms with Gasteiger partial charge in [-0.15, -0.1) is 10.2 Å². The first kappa shape index (κ1) is 29.6. The molecular formula is C48H34N2O. The van der Waals surface area contributed by atoms with Gasteiger partial charge in [0.05, 0.1) is 16.8 Å². The molecule has 0 bridgehead atoms. The number of rotatable bonds is 4. The Morgan fingerprint density at radius 1 is 0.529 bits per heavy atom. The lowest BCUT2D eigenvalue weighted by Gasteiger charge is -2.42. The van der Waals surface area contributed by atoms with Crippen LogP contribution in [0, 0.1) is 5.92 Å². The van der Waals surface area contributed by atoms with Gasteiger partial charge in [-0.3, -0.25) is 0 Å². The summed E-state index contributed by atoms with van der Waals surface area (Å²) >= 11 is 0. The Labute approximate surface area is 298 Å². The highest BCUT2D eigenvalue weighted by atomic mass is 16.5.